The fourth-order valence-corrected chi connectivity index (χ4v) is 3.04. The number of amidine groups is 1. The molecule has 1 saturated carbocycles. The minimum absolute atomic E-state index is 0. The van der Waals surface area contributed by atoms with E-state index in [1.54, 1.807) is 0 Å². The minimum atomic E-state index is -0.0531. The zero-order valence-corrected chi connectivity index (χ0v) is 15.2. The second kappa shape index (κ2) is 5.21. The first-order chi connectivity index (χ1) is 7.76. The van der Waals surface area contributed by atoms with Crippen molar-refractivity contribution in [1.82, 2.24) is 0 Å². The zero-order chi connectivity index (χ0) is 11.2. The zero-order valence-electron chi connectivity index (χ0n) is 10.3. The molecule has 0 atom stereocenters. The number of fused-ring (bicyclic) bond motifs is 2. The van der Waals surface area contributed by atoms with Crippen molar-refractivity contribution in [3.05, 3.63) is 35.1 Å². The van der Waals surface area contributed by atoms with Crippen LogP contribution in [0.25, 0.3) is 5.73 Å². The van der Waals surface area contributed by atoms with Gasteiger partial charge in [-0.2, -0.15) is 0 Å². The number of hydrogen-bond acceptors (Lipinski definition) is 2. The number of nitrogens with one attached hydrogen (secondary N) is 1. The number of rotatable bonds is 1. The fraction of sp³-hybridized carbons (Fsp3) is 0.462. The van der Waals surface area contributed by atoms with Crippen molar-refractivity contribution in [2.75, 3.05) is 0 Å². The molecule has 3 nitrogen and oxygen atoms in total. The topological polar surface area (TPSA) is 62.2 Å². The molecule has 1 aromatic rings. The second-order valence-electron chi connectivity index (χ2n) is 4.81. The van der Waals surface area contributed by atoms with Gasteiger partial charge in [0.15, 0.2) is 0 Å². The van der Waals surface area contributed by atoms with Crippen LogP contribution in [0, 0.1) is 0 Å². The van der Waals surface area contributed by atoms with E-state index in [9.17, 15) is 0 Å². The molecule has 0 saturated heterocycles. The summed E-state index contributed by atoms with van der Waals surface area (Å²) in [6.07, 6.45) is 4.61. The number of nitrogens with zero attached hydrogens (tertiary/aromatic N) is 1. The summed E-state index contributed by atoms with van der Waals surface area (Å²) in [5.41, 5.74) is 17.0. The first-order valence-corrected chi connectivity index (χ1v) is 5.90. The second-order valence-corrected chi connectivity index (χ2v) is 4.81. The Bertz CT molecular complexity index is 462. The van der Waals surface area contributed by atoms with E-state index >= 15 is 0 Å². The van der Waals surface area contributed by atoms with E-state index in [-0.39, 0.29) is 63.6 Å². The van der Waals surface area contributed by atoms with Crippen molar-refractivity contribution < 1.29 is 58.2 Å². The Morgan fingerprint density at radius 1 is 1.29 bits per heavy atom. The SMILES string of the molecule is [NH-]C1=Nc2cc(CN)ccc2C12CCCC2.[Rb+]. The van der Waals surface area contributed by atoms with Crippen LogP contribution >= 0.6 is 0 Å². The smallest absolute Gasteiger partial charge is 0.485 e. The number of nitrogens with two attached hydrogens (primary N) is 1. The van der Waals surface area contributed by atoms with Gasteiger partial charge in [0.05, 0.1) is 0 Å². The molecule has 0 aromatic heterocycles. The standard InChI is InChI=1S/C13H16N3.Rb/c14-8-9-3-4-10-11(7-9)16-12(15)13(10)5-1-2-6-13;/h3-4,7H,1-2,5-6,8,14H2,(H-,15,16);/q-1;+1. The van der Waals surface area contributed by atoms with Crippen molar-refractivity contribution in [3.8, 4) is 0 Å². The molecule has 1 aliphatic carbocycles. The third kappa shape index (κ3) is 2.10. The number of hydrogen-bond donors (Lipinski definition) is 1. The van der Waals surface area contributed by atoms with E-state index in [1.165, 1.54) is 18.4 Å². The minimum Gasteiger partial charge on any atom is -0.485 e. The molecule has 1 aromatic carbocycles. The molecule has 2 aliphatic rings. The molecular weight excluding hydrogens is 284 g/mol. The molecule has 4 heteroatoms. The van der Waals surface area contributed by atoms with Crippen LogP contribution in [0.15, 0.2) is 23.2 Å². The van der Waals surface area contributed by atoms with Crippen molar-refractivity contribution in [3.63, 3.8) is 0 Å². The Hall–Kier alpha value is 0.455. The quantitative estimate of drug-likeness (QED) is 0.783. The monoisotopic (exact) mass is 299 g/mol. The van der Waals surface area contributed by atoms with Crippen molar-refractivity contribution in [1.29, 1.82) is 0 Å². The molecule has 1 spiro atoms. The van der Waals surface area contributed by atoms with Crippen LogP contribution in [0.1, 0.15) is 36.8 Å². The molecule has 0 unspecified atom stereocenters. The average molecular weight is 300 g/mol. The van der Waals surface area contributed by atoms with Gasteiger partial charge in [-0.15, -0.1) is 0 Å². The molecule has 1 fully saturated rings. The van der Waals surface area contributed by atoms with Crippen LogP contribution in [0.4, 0.5) is 5.69 Å². The Kier molecular flexibility index (Phi) is 4.26. The first kappa shape index (κ1) is 13.9. The molecule has 0 radical (unpaired) electrons. The maximum absolute atomic E-state index is 8.11. The van der Waals surface area contributed by atoms with E-state index in [2.05, 4.69) is 17.1 Å². The van der Waals surface area contributed by atoms with Crippen molar-refractivity contribution in [2.24, 2.45) is 10.7 Å². The van der Waals surface area contributed by atoms with Crippen molar-refractivity contribution in [2.45, 2.75) is 37.6 Å². The molecule has 3 N–H and O–H groups in total. The van der Waals surface area contributed by atoms with E-state index in [1.807, 2.05) is 6.07 Å². The summed E-state index contributed by atoms with van der Waals surface area (Å²) in [6.45, 7) is 0.545. The maximum Gasteiger partial charge on any atom is 1.00 e. The largest absolute Gasteiger partial charge is 1.00 e. The van der Waals surface area contributed by atoms with Gasteiger partial charge < -0.3 is 16.5 Å². The summed E-state index contributed by atoms with van der Waals surface area (Å²) in [5.74, 6) is 0.564. The van der Waals surface area contributed by atoms with Crippen LogP contribution in [0.2, 0.25) is 0 Å². The van der Waals surface area contributed by atoms with Gasteiger partial charge in [-0.05, 0) is 29.7 Å². The average Bonchev–Trinajstić information content (AvgIpc) is 2.88. The fourth-order valence-electron chi connectivity index (χ4n) is 3.04. The van der Waals surface area contributed by atoms with Crippen LogP contribution < -0.4 is 63.9 Å². The summed E-state index contributed by atoms with van der Waals surface area (Å²) >= 11 is 0. The van der Waals surface area contributed by atoms with Gasteiger partial charge >= 0.3 is 58.2 Å². The van der Waals surface area contributed by atoms with Gasteiger partial charge in [0.1, 0.15) is 0 Å². The first-order valence-electron chi connectivity index (χ1n) is 5.90. The Labute approximate surface area is 151 Å². The van der Waals surface area contributed by atoms with Gasteiger partial charge in [-0.3, -0.25) is 0 Å². The Balaban J connectivity index is 0.00000108. The van der Waals surface area contributed by atoms with E-state index < -0.39 is 0 Å². The molecule has 3 rings (SSSR count). The molecule has 17 heavy (non-hydrogen) atoms. The summed E-state index contributed by atoms with van der Waals surface area (Å²) in [4.78, 5) is 4.42. The number of benzene rings is 1. The van der Waals surface area contributed by atoms with E-state index in [0.717, 1.165) is 24.1 Å². The summed E-state index contributed by atoms with van der Waals surface area (Å²) < 4.78 is 0. The third-order valence-corrected chi connectivity index (χ3v) is 3.96. The Morgan fingerprint density at radius 3 is 2.65 bits per heavy atom. The van der Waals surface area contributed by atoms with Crippen LogP contribution in [-0.4, -0.2) is 5.84 Å². The van der Waals surface area contributed by atoms with Gasteiger partial charge in [0.2, 0.25) is 0 Å². The normalized spacial score (nSPS) is 19.9. The van der Waals surface area contributed by atoms with Crippen LogP contribution in [-0.2, 0) is 12.0 Å². The predicted octanol–water partition coefficient (Wildman–Crippen LogP) is 0.0569. The number of aliphatic imine (C=N–C) groups is 1. The molecule has 0 bridgehead atoms. The van der Waals surface area contributed by atoms with Crippen molar-refractivity contribution >= 4 is 11.5 Å². The van der Waals surface area contributed by atoms with E-state index in [4.69, 9.17) is 11.5 Å². The van der Waals surface area contributed by atoms with E-state index in [0.29, 0.717) is 12.4 Å². The van der Waals surface area contributed by atoms with Gasteiger partial charge in [-0.1, -0.05) is 36.9 Å². The van der Waals surface area contributed by atoms with Gasteiger partial charge in [0, 0.05) is 12.0 Å². The molecular formula is C13H16N3Rb. The Morgan fingerprint density at radius 2 is 2.00 bits per heavy atom. The molecule has 1 heterocycles. The summed E-state index contributed by atoms with van der Waals surface area (Å²) in [5, 5.41) is 0. The van der Waals surface area contributed by atoms with Gasteiger partial charge in [0.25, 0.3) is 0 Å². The summed E-state index contributed by atoms with van der Waals surface area (Å²) in [7, 11) is 0. The molecule has 0 amide bonds. The molecule has 1 aliphatic heterocycles. The van der Waals surface area contributed by atoms with Crippen LogP contribution in [0.5, 0.6) is 0 Å². The predicted molar refractivity (Wildman–Crippen MR) is 65.9 cm³/mol. The third-order valence-electron chi connectivity index (χ3n) is 3.96. The molecule has 84 valence electrons. The maximum atomic E-state index is 8.11. The van der Waals surface area contributed by atoms with Gasteiger partial charge in [-0.25, -0.2) is 0 Å². The van der Waals surface area contributed by atoms with Crippen LogP contribution in [0.3, 0.4) is 0 Å². The summed E-state index contributed by atoms with van der Waals surface area (Å²) in [6, 6.07) is 6.25.